The Morgan fingerprint density at radius 2 is 2.03 bits per heavy atom. The molecule has 0 fully saturated rings. The van der Waals surface area contributed by atoms with E-state index in [9.17, 15) is 14.0 Å². The SMILES string of the molecule is CCN(CC)c1nc2nc(SCC(=O)Nc3ccc(F)c(Cl)c3)n(C(C)C)c(=O)c2s1. The van der Waals surface area contributed by atoms with Crippen LogP contribution in [0.25, 0.3) is 10.3 Å². The predicted octanol–water partition coefficient (Wildman–Crippen LogP) is 4.80. The standard InChI is InChI=1S/C20H23ClFN5O2S2/c1-5-26(6-2)19-24-17-16(31-19)18(29)27(11(3)4)20(25-17)30-10-15(28)23-12-7-8-14(22)13(21)9-12/h7-9,11H,5-6,10H2,1-4H3,(H,23,28). The van der Waals surface area contributed by atoms with Gasteiger partial charge in [-0.25, -0.2) is 9.37 Å². The molecule has 2 aromatic heterocycles. The van der Waals surface area contributed by atoms with E-state index in [1.807, 2.05) is 27.7 Å². The van der Waals surface area contributed by atoms with Crippen molar-refractivity contribution in [2.24, 2.45) is 0 Å². The summed E-state index contributed by atoms with van der Waals surface area (Å²) in [5, 5.41) is 3.78. The van der Waals surface area contributed by atoms with Gasteiger partial charge < -0.3 is 10.2 Å². The Kier molecular flexibility index (Phi) is 7.55. The highest BCUT2D eigenvalue weighted by atomic mass is 35.5. The summed E-state index contributed by atoms with van der Waals surface area (Å²) in [6.45, 7) is 9.42. The second kappa shape index (κ2) is 9.97. The second-order valence-corrected chi connectivity index (χ2v) is 9.28. The number of thiazole rings is 1. The van der Waals surface area contributed by atoms with E-state index >= 15 is 0 Å². The Hall–Kier alpha value is -2.17. The summed E-state index contributed by atoms with van der Waals surface area (Å²) in [6.07, 6.45) is 0. The second-order valence-electron chi connectivity index (χ2n) is 6.95. The fourth-order valence-electron chi connectivity index (χ4n) is 2.94. The summed E-state index contributed by atoms with van der Waals surface area (Å²) >= 11 is 8.24. The van der Waals surface area contributed by atoms with Crippen molar-refractivity contribution in [2.45, 2.75) is 38.9 Å². The topological polar surface area (TPSA) is 80.1 Å². The number of benzene rings is 1. The minimum Gasteiger partial charge on any atom is -0.349 e. The number of hydrogen-bond acceptors (Lipinski definition) is 7. The lowest BCUT2D eigenvalue weighted by Crippen LogP contribution is -2.25. The van der Waals surface area contributed by atoms with Crippen LogP contribution in [-0.4, -0.2) is 39.3 Å². The van der Waals surface area contributed by atoms with Gasteiger partial charge in [-0.05, 0) is 45.9 Å². The van der Waals surface area contributed by atoms with Crippen molar-refractivity contribution < 1.29 is 9.18 Å². The van der Waals surface area contributed by atoms with Crippen molar-refractivity contribution in [3.05, 3.63) is 39.4 Å². The number of aromatic nitrogens is 3. The van der Waals surface area contributed by atoms with Gasteiger partial charge in [0.15, 0.2) is 15.9 Å². The monoisotopic (exact) mass is 483 g/mol. The maximum absolute atomic E-state index is 13.3. The van der Waals surface area contributed by atoms with Crippen LogP contribution in [0.4, 0.5) is 15.2 Å². The number of fused-ring (bicyclic) bond motifs is 1. The number of hydrogen-bond donors (Lipinski definition) is 1. The van der Waals surface area contributed by atoms with E-state index in [-0.39, 0.29) is 28.3 Å². The van der Waals surface area contributed by atoms with Crippen LogP contribution in [0.1, 0.15) is 33.7 Å². The first-order valence-electron chi connectivity index (χ1n) is 9.80. The lowest BCUT2D eigenvalue weighted by atomic mass is 10.3. The normalized spacial score (nSPS) is 11.3. The quantitative estimate of drug-likeness (QED) is 0.366. The van der Waals surface area contributed by atoms with Crippen LogP contribution in [-0.2, 0) is 4.79 Å². The van der Waals surface area contributed by atoms with Crippen LogP contribution < -0.4 is 15.8 Å². The molecule has 31 heavy (non-hydrogen) atoms. The highest BCUT2D eigenvalue weighted by molar-refractivity contribution is 7.99. The van der Waals surface area contributed by atoms with E-state index < -0.39 is 5.82 Å². The number of carbonyl (C=O) groups excluding carboxylic acids is 1. The number of nitrogens with zero attached hydrogens (tertiary/aromatic N) is 4. The molecule has 0 atom stereocenters. The number of nitrogens with one attached hydrogen (secondary N) is 1. The smallest absolute Gasteiger partial charge is 0.274 e. The molecule has 0 unspecified atom stereocenters. The van der Waals surface area contributed by atoms with Crippen LogP contribution in [0.3, 0.4) is 0 Å². The average molecular weight is 484 g/mol. The number of rotatable bonds is 8. The molecule has 0 saturated carbocycles. The molecule has 3 aromatic rings. The van der Waals surface area contributed by atoms with Gasteiger partial charge in [0.1, 0.15) is 10.5 Å². The zero-order chi connectivity index (χ0) is 22.7. The first-order chi connectivity index (χ1) is 14.7. The number of anilines is 2. The van der Waals surface area contributed by atoms with E-state index in [0.717, 1.165) is 30.0 Å². The molecule has 0 aliphatic heterocycles. The molecule has 0 bridgehead atoms. The van der Waals surface area contributed by atoms with Gasteiger partial charge in [0.05, 0.1) is 10.8 Å². The number of carbonyl (C=O) groups is 1. The molecule has 1 N–H and O–H groups in total. The lowest BCUT2D eigenvalue weighted by Gasteiger charge is -2.15. The van der Waals surface area contributed by atoms with E-state index in [1.165, 1.54) is 29.5 Å². The molecule has 166 valence electrons. The van der Waals surface area contributed by atoms with Crippen molar-refractivity contribution in [2.75, 3.05) is 29.1 Å². The van der Waals surface area contributed by atoms with Crippen molar-refractivity contribution >= 4 is 61.8 Å². The van der Waals surface area contributed by atoms with Crippen molar-refractivity contribution in [1.29, 1.82) is 0 Å². The highest BCUT2D eigenvalue weighted by Crippen LogP contribution is 2.28. The molecular formula is C20H23ClFN5O2S2. The fourth-order valence-corrected chi connectivity index (χ4v) is 5.11. The Bertz CT molecular complexity index is 1160. The van der Waals surface area contributed by atoms with Crippen LogP contribution in [0.2, 0.25) is 5.02 Å². The third kappa shape index (κ3) is 5.19. The molecule has 1 amide bonds. The van der Waals surface area contributed by atoms with Crippen LogP contribution in [0, 0.1) is 5.82 Å². The Morgan fingerprint density at radius 1 is 1.32 bits per heavy atom. The third-order valence-electron chi connectivity index (χ3n) is 4.50. The van der Waals surface area contributed by atoms with Crippen molar-refractivity contribution in [3.63, 3.8) is 0 Å². The van der Waals surface area contributed by atoms with Crippen molar-refractivity contribution in [3.8, 4) is 0 Å². The maximum atomic E-state index is 13.3. The molecule has 0 saturated heterocycles. The average Bonchev–Trinajstić information content (AvgIpc) is 3.14. The van der Waals surface area contributed by atoms with E-state index in [4.69, 9.17) is 11.6 Å². The Morgan fingerprint density at radius 3 is 2.65 bits per heavy atom. The molecule has 0 aliphatic carbocycles. The summed E-state index contributed by atoms with van der Waals surface area (Å²) < 4.78 is 15.4. The molecule has 11 heteroatoms. The van der Waals surface area contributed by atoms with Gasteiger partial charge in [0, 0.05) is 24.8 Å². The zero-order valence-corrected chi connectivity index (χ0v) is 20.0. The first-order valence-corrected chi connectivity index (χ1v) is 12.0. The molecule has 0 aliphatic rings. The van der Waals surface area contributed by atoms with E-state index in [1.54, 1.807) is 4.57 Å². The Labute approximate surface area is 192 Å². The maximum Gasteiger partial charge on any atom is 0.274 e. The number of halogens is 2. The minimum atomic E-state index is -0.556. The molecule has 1 aromatic carbocycles. The summed E-state index contributed by atoms with van der Waals surface area (Å²) in [6, 6.07) is 3.83. The van der Waals surface area contributed by atoms with Gasteiger partial charge in [0.25, 0.3) is 5.56 Å². The largest absolute Gasteiger partial charge is 0.349 e. The van der Waals surface area contributed by atoms with Gasteiger partial charge in [0.2, 0.25) is 5.91 Å². The fraction of sp³-hybridized carbons (Fsp3) is 0.400. The van der Waals surface area contributed by atoms with Gasteiger partial charge in [-0.1, -0.05) is 34.7 Å². The summed E-state index contributed by atoms with van der Waals surface area (Å²) in [4.78, 5) is 36.7. The van der Waals surface area contributed by atoms with E-state index in [2.05, 4.69) is 20.2 Å². The third-order valence-corrected chi connectivity index (χ3v) is 6.84. The van der Waals surface area contributed by atoms with Crippen LogP contribution >= 0.6 is 34.7 Å². The molecule has 3 rings (SSSR count). The number of thioether (sulfide) groups is 1. The van der Waals surface area contributed by atoms with Crippen LogP contribution in [0.15, 0.2) is 28.2 Å². The van der Waals surface area contributed by atoms with Gasteiger partial charge in [-0.3, -0.25) is 14.2 Å². The predicted molar refractivity (Wildman–Crippen MR) is 126 cm³/mol. The molecule has 2 heterocycles. The zero-order valence-electron chi connectivity index (χ0n) is 17.6. The molecular weight excluding hydrogens is 461 g/mol. The summed E-state index contributed by atoms with van der Waals surface area (Å²) in [7, 11) is 0. The molecule has 7 nitrogen and oxygen atoms in total. The van der Waals surface area contributed by atoms with Crippen molar-refractivity contribution in [1.82, 2.24) is 14.5 Å². The summed E-state index contributed by atoms with van der Waals surface area (Å²) in [5.74, 6) is -0.855. The van der Waals surface area contributed by atoms with Crippen LogP contribution in [0.5, 0.6) is 0 Å². The number of amides is 1. The minimum absolute atomic E-state index is 0.0205. The van der Waals surface area contributed by atoms with Gasteiger partial charge in [-0.15, -0.1) is 0 Å². The first kappa shape index (κ1) is 23.5. The van der Waals surface area contributed by atoms with E-state index in [0.29, 0.717) is 21.2 Å². The molecule has 0 spiro atoms. The Balaban J connectivity index is 1.86. The van der Waals surface area contributed by atoms with Gasteiger partial charge >= 0.3 is 0 Å². The highest BCUT2D eigenvalue weighted by Gasteiger charge is 2.20. The summed E-state index contributed by atoms with van der Waals surface area (Å²) in [5.41, 5.74) is 0.621. The molecule has 0 radical (unpaired) electrons. The lowest BCUT2D eigenvalue weighted by molar-refractivity contribution is -0.113. The van der Waals surface area contributed by atoms with Gasteiger partial charge in [-0.2, -0.15) is 4.98 Å².